The predicted octanol–water partition coefficient (Wildman–Crippen LogP) is 3.33. The van der Waals surface area contributed by atoms with E-state index in [-0.39, 0.29) is 10.6 Å². The molecular formula is C16H19Cl2N3O3. The molecule has 0 bridgehead atoms. The summed E-state index contributed by atoms with van der Waals surface area (Å²) in [5.74, 6) is -0.585. The Kier molecular flexibility index (Phi) is 9.20. The number of halogens is 2. The third-order valence-corrected chi connectivity index (χ3v) is 3.33. The fourth-order valence-corrected chi connectivity index (χ4v) is 2.18. The molecule has 1 aromatic rings. The molecule has 0 heterocycles. The van der Waals surface area contributed by atoms with Crippen molar-refractivity contribution in [1.29, 1.82) is 5.26 Å². The molecule has 0 spiro atoms. The lowest BCUT2D eigenvalue weighted by Crippen LogP contribution is -2.29. The Morgan fingerprint density at radius 2 is 2.00 bits per heavy atom. The number of nitriles is 1. The van der Waals surface area contributed by atoms with Gasteiger partial charge in [0.1, 0.15) is 11.6 Å². The van der Waals surface area contributed by atoms with Gasteiger partial charge < -0.3 is 20.1 Å². The minimum absolute atomic E-state index is 0.104. The van der Waals surface area contributed by atoms with Gasteiger partial charge >= 0.3 is 0 Å². The van der Waals surface area contributed by atoms with Crippen LogP contribution < -0.4 is 10.6 Å². The normalized spacial score (nSPS) is 11.2. The van der Waals surface area contributed by atoms with E-state index >= 15 is 0 Å². The molecule has 0 saturated carbocycles. The maximum absolute atomic E-state index is 12.1. The van der Waals surface area contributed by atoms with Crippen molar-refractivity contribution < 1.29 is 14.3 Å². The van der Waals surface area contributed by atoms with Gasteiger partial charge in [0.2, 0.25) is 0 Å². The number of anilines is 1. The average Bonchev–Trinajstić information content (AvgIpc) is 2.54. The number of amides is 1. The lowest BCUT2D eigenvalue weighted by atomic mass is 10.2. The van der Waals surface area contributed by atoms with Gasteiger partial charge in [-0.15, -0.1) is 0 Å². The predicted molar refractivity (Wildman–Crippen MR) is 93.8 cm³/mol. The summed E-state index contributed by atoms with van der Waals surface area (Å²) in [5, 5.41) is 15.3. The Morgan fingerprint density at radius 3 is 2.54 bits per heavy atom. The maximum Gasteiger partial charge on any atom is 0.267 e. The van der Waals surface area contributed by atoms with Crippen LogP contribution in [0.1, 0.15) is 13.8 Å². The molecule has 6 nitrogen and oxygen atoms in total. The van der Waals surface area contributed by atoms with Gasteiger partial charge in [0, 0.05) is 24.4 Å². The van der Waals surface area contributed by atoms with Crippen LogP contribution in [0.25, 0.3) is 0 Å². The highest BCUT2D eigenvalue weighted by Gasteiger charge is 2.12. The van der Waals surface area contributed by atoms with Crippen molar-refractivity contribution in [1.82, 2.24) is 5.32 Å². The van der Waals surface area contributed by atoms with Gasteiger partial charge in [-0.3, -0.25) is 4.79 Å². The Hall–Kier alpha value is -1.78. The van der Waals surface area contributed by atoms with E-state index in [1.807, 2.05) is 19.9 Å². The molecule has 1 amide bonds. The minimum Gasteiger partial charge on any atom is -0.385 e. The summed E-state index contributed by atoms with van der Waals surface area (Å²) in [6, 6.07) is 6.48. The van der Waals surface area contributed by atoms with Crippen molar-refractivity contribution in [2.75, 3.05) is 25.1 Å². The van der Waals surface area contributed by atoms with Gasteiger partial charge in [0.15, 0.2) is 6.29 Å². The van der Waals surface area contributed by atoms with Gasteiger partial charge in [-0.25, -0.2) is 0 Å². The van der Waals surface area contributed by atoms with E-state index in [2.05, 4.69) is 10.6 Å². The fourth-order valence-electron chi connectivity index (χ4n) is 1.72. The molecule has 0 saturated heterocycles. The molecule has 0 fully saturated rings. The summed E-state index contributed by atoms with van der Waals surface area (Å²) >= 11 is 11.8. The van der Waals surface area contributed by atoms with Gasteiger partial charge in [-0.05, 0) is 32.0 Å². The van der Waals surface area contributed by atoms with E-state index in [0.717, 1.165) is 0 Å². The van der Waals surface area contributed by atoms with Crippen molar-refractivity contribution in [2.24, 2.45) is 0 Å². The quantitative estimate of drug-likeness (QED) is 0.395. The van der Waals surface area contributed by atoms with E-state index < -0.39 is 12.2 Å². The first kappa shape index (κ1) is 20.3. The van der Waals surface area contributed by atoms with Crippen LogP contribution in [0.3, 0.4) is 0 Å². The van der Waals surface area contributed by atoms with Crippen LogP contribution in [0.15, 0.2) is 30.0 Å². The Labute approximate surface area is 151 Å². The number of benzene rings is 1. The van der Waals surface area contributed by atoms with Gasteiger partial charge in [-0.1, -0.05) is 23.2 Å². The zero-order valence-corrected chi connectivity index (χ0v) is 14.9. The topological polar surface area (TPSA) is 83.4 Å². The number of nitrogens with zero attached hydrogens (tertiary/aromatic N) is 1. The van der Waals surface area contributed by atoms with Crippen LogP contribution >= 0.6 is 23.2 Å². The van der Waals surface area contributed by atoms with Crippen LogP contribution in [0.2, 0.25) is 10.0 Å². The molecule has 0 aliphatic heterocycles. The molecular weight excluding hydrogens is 353 g/mol. The average molecular weight is 372 g/mol. The first-order valence-electron chi connectivity index (χ1n) is 7.35. The fraction of sp³-hybridized carbons (Fsp3) is 0.375. The van der Waals surface area contributed by atoms with E-state index in [0.29, 0.717) is 30.5 Å². The third kappa shape index (κ3) is 6.77. The molecule has 0 atom stereocenters. The van der Waals surface area contributed by atoms with Gasteiger partial charge in [0.25, 0.3) is 5.91 Å². The lowest BCUT2D eigenvalue weighted by molar-refractivity contribution is -0.131. The molecule has 0 unspecified atom stereocenters. The summed E-state index contributed by atoms with van der Waals surface area (Å²) in [5.41, 5.74) is 0.265. The SMILES string of the molecule is CCOC(CN/C=C(/C#N)C(=O)Nc1ccc(Cl)cc1Cl)OCC. The number of hydrogen-bond acceptors (Lipinski definition) is 5. The molecule has 24 heavy (non-hydrogen) atoms. The highest BCUT2D eigenvalue weighted by atomic mass is 35.5. The second-order valence-corrected chi connectivity index (χ2v) is 5.34. The van der Waals surface area contributed by atoms with E-state index in [4.69, 9.17) is 37.9 Å². The van der Waals surface area contributed by atoms with Crippen LogP contribution in [-0.2, 0) is 14.3 Å². The summed E-state index contributed by atoms with van der Waals surface area (Å²) in [7, 11) is 0. The van der Waals surface area contributed by atoms with Crippen LogP contribution in [0.4, 0.5) is 5.69 Å². The highest BCUT2D eigenvalue weighted by molar-refractivity contribution is 6.36. The van der Waals surface area contributed by atoms with Crippen molar-refractivity contribution >= 4 is 34.8 Å². The molecule has 130 valence electrons. The van der Waals surface area contributed by atoms with Crippen molar-refractivity contribution in [2.45, 2.75) is 20.1 Å². The van der Waals surface area contributed by atoms with Crippen LogP contribution in [0, 0.1) is 11.3 Å². The van der Waals surface area contributed by atoms with Gasteiger partial charge in [-0.2, -0.15) is 5.26 Å². The second kappa shape index (κ2) is 10.9. The molecule has 1 aromatic carbocycles. The number of nitrogens with one attached hydrogen (secondary N) is 2. The monoisotopic (exact) mass is 371 g/mol. The first-order valence-corrected chi connectivity index (χ1v) is 8.10. The summed E-state index contributed by atoms with van der Waals surface area (Å²) in [6.07, 6.45) is 0.856. The molecule has 0 aromatic heterocycles. The van der Waals surface area contributed by atoms with E-state index in [9.17, 15) is 4.79 Å². The number of carbonyl (C=O) groups excluding carboxylic acids is 1. The molecule has 0 aliphatic rings. The number of hydrogen-bond donors (Lipinski definition) is 2. The Bertz CT molecular complexity index is 623. The Morgan fingerprint density at radius 1 is 1.33 bits per heavy atom. The van der Waals surface area contributed by atoms with Gasteiger partial charge in [0.05, 0.1) is 17.3 Å². The largest absolute Gasteiger partial charge is 0.385 e. The van der Waals surface area contributed by atoms with Crippen molar-refractivity contribution in [3.63, 3.8) is 0 Å². The maximum atomic E-state index is 12.1. The van der Waals surface area contributed by atoms with E-state index in [1.165, 1.54) is 12.3 Å². The van der Waals surface area contributed by atoms with Crippen molar-refractivity contribution in [3.05, 3.63) is 40.0 Å². The molecule has 8 heteroatoms. The van der Waals surface area contributed by atoms with Crippen molar-refractivity contribution in [3.8, 4) is 6.07 Å². The standard InChI is InChI=1S/C16H19Cl2N3O3/c1-3-23-15(24-4-2)10-20-9-11(8-19)16(22)21-14-6-5-12(17)7-13(14)18/h5-7,9,15,20H,3-4,10H2,1-2H3,(H,21,22)/b11-9-. The second-order valence-electron chi connectivity index (χ2n) is 4.50. The molecule has 1 rings (SSSR count). The summed E-state index contributed by atoms with van der Waals surface area (Å²) in [6.45, 7) is 5.01. The molecule has 0 radical (unpaired) electrons. The third-order valence-electron chi connectivity index (χ3n) is 2.78. The number of rotatable bonds is 9. The first-order chi connectivity index (χ1) is 11.5. The lowest BCUT2D eigenvalue weighted by Gasteiger charge is -2.16. The van der Waals surface area contributed by atoms with Crippen LogP contribution in [0.5, 0.6) is 0 Å². The summed E-state index contributed by atoms with van der Waals surface area (Å²) in [4.78, 5) is 12.1. The summed E-state index contributed by atoms with van der Waals surface area (Å²) < 4.78 is 10.7. The van der Waals surface area contributed by atoms with E-state index in [1.54, 1.807) is 12.1 Å². The van der Waals surface area contributed by atoms with Crippen LogP contribution in [-0.4, -0.2) is 32.0 Å². The smallest absolute Gasteiger partial charge is 0.267 e. The molecule has 0 aliphatic carbocycles. The molecule has 2 N–H and O–H groups in total. The number of carbonyl (C=O) groups is 1. The zero-order valence-electron chi connectivity index (χ0n) is 13.4. The highest BCUT2D eigenvalue weighted by Crippen LogP contribution is 2.25. The number of ether oxygens (including phenoxy) is 2. The minimum atomic E-state index is -0.585. The Balaban J connectivity index is 2.67. The zero-order chi connectivity index (χ0) is 17.9.